The van der Waals surface area contributed by atoms with Crippen LogP contribution in [0, 0.1) is 0 Å². The summed E-state index contributed by atoms with van der Waals surface area (Å²) in [4.78, 5) is 14.5. The number of anilines is 2. The van der Waals surface area contributed by atoms with Crippen molar-refractivity contribution in [2.75, 3.05) is 17.2 Å². The molecule has 20 heavy (non-hydrogen) atoms. The monoisotopic (exact) mass is 330 g/mol. The Hall–Kier alpha value is -1.81. The Kier molecular flexibility index (Phi) is 3.26. The Morgan fingerprint density at radius 3 is 2.60 bits per heavy atom. The van der Waals surface area contributed by atoms with Gasteiger partial charge in [0.1, 0.15) is 0 Å². The molecule has 0 saturated carbocycles. The Morgan fingerprint density at radius 1 is 1.20 bits per heavy atom. The summed E-state index contributed by atoms with van der Waals surface area (Å²) < 4.78 is 0.999. The van der Waals surface area contributed by atoms with E-state index in [2.05, 4.69) is 22.9 Å². The van der Waals surface area contributed by atoms with Crippen LogP contribution in [0.25, 0.3) is 0 Å². The molecule has 0 aromatic heterocycles. The lowest BCUT2D eigenvalue weighted by Crippen LogP contribution is -2.39. The van der Waals surface area contributed by atoms with E-state index >= 15 is 0 Å². The van der Waals surface area contributed by atoms with Crippen molar-refractivity contribution in [3.63, 3.8) is 0 Å². The first-order chi connectivity index (χ1) is 9.58. The summed E-state index contributed by atoms with van der Waals surface area (Å²) in [5.41, 5.74) is 9.15. The lowest BCUT2D eigenvalue weighted by Gasteiger charge is -2.33. The third kappa shape index (κ3) is 2.10. The molecule has 102 valence electrons. The number of nitrogen functional groups attached to an aromatic ring is 1. The van der Waals surface area contributed by atoms with Gasteiger partial charge in [-0.2, -0.15) is 0 Å². The highest BCUT2D eigenvalue weighted by Gasteiger charge is 2.31. The molecule has 2 aromatic carbocycles. The molecule has 1 heterocycles. The molecule has 0 aliphatic carbocycles. The van der Waals surface area contributed by atoms with Crippen molar-refractivity contribution in [1.29, 1.82) is 0 Å². The topological polar surface area (TPSA) is 46.3 Å². The molecule has 2 N–H and O–H groups in total. The maximum atomic E-state index is 12.7. The number of nitrogens with zero attached hydrogens (tertiary/aromatic N) is 1. The van der Waals surface area contributed by atoms with Crippen LogP contribution in [0.15, 0.2) is 46.9 Å². The van der Waals surface area contributed by atoms with E-state index in [0.29, 0.717) is 17.8 Å². The molecule has 0 spiro atoms. The highest BCUT2D eigenvalue weighted by Crippen LogP contribution is 2.34. The van der Waals surface area contributed by atoms with Gasteiger partial charge < -0.3 is 10.6 Å². The second-order valence-corrected chi connectivity index (χ2v) is 6.02. The molecule has 0 bridgehead atoms. The minimum Gasteiger partial charge on any atom is -0.398 e. The molecule has 4 heteroatoms. The molecule has 3 nitrogen and oxygen atoms in total. The van der Waals surface area contributed by atoms with Gasteiger partial charge in [-0.3, -0.25) is 4.79 Å². The SMILES string of the molecule is CC1CN(c2ccc(Br)cc2)C(=O)c2c(N)cccc21. The van der Waals surface area contributed by atoms with Crippen molar-refractivity contribution < 1.29 is 4.79 Å². The number of halogens is 1. The van der Waals surface area contributed by atoms with Crippen LogP contribution in [0.1, 0.15) is 28.8 Å². The van der Waals surface area contributed by atoms with Gasteiger partial charge in [0.05, 0.1) is 5.56 Å². The van der Waals surface area contributed by atoms with Gasteiger partial charge in [0.25, 0.3) is 5.91 Å². The number of hydrogen-bond donors (Lipinski definition) is 1. The number of hydrogen-bond acceptors (Lipinski definition) is 2. The van der Waals surface area contributed by atoms with E-state index in [1.54, 1.807) is 11.0 Å². The van der Waals surface area contributed by atoms with Gasteiger partial charge in [0, 0.05) is 28.3 Å². The van der Waals surface area contributed by atoms with E-state index in [9.17, 15) is 4.79 Å². The molecule has 2 aromatic rings. The molecule has 1 unspecified atom stereocenters. The van der Waals surface area contributed by atoms with Crippen LogP contribution in [-0.2, 0) is 0 Å². The first-order valence-electron chi connectivity index (χ1n) is 6.53. The number of benzene rings is 2. The van der Waals surface area contributed by atoms with Gasteiger partial charge in [-0.1, -0.05) is 35.0 Å². The highest BCUT2D eigenvalue weighted by atomic mass is 79.9. The third-order valence-corrected chi connectivity index (χ3v) is 4.24. The standard InChI is InChI=1S/C16H15BrN2O/c1-10-9-19(12-7-5-11(17)6-8-12)16(20)15-13(10)3-2-4-14(15)18/h2-8,10H,9,18H2,1H3. The van der Waals surface area contributed by atoms with Gasteiger partial charge >= 0.3 is 0 Å². The zero-order valence-electron chi connectivity index (χ0n) is 11.1. The van der Waals surface area contributed by atoms with Gasteiger partial charge in [-0.15, -0.1) is 0 Å². The van der Waals surface area contributed by atoms with Crippen molar-refractivity contribution in [3.8, 4) is 0 Å². The van der Waals surface area contributed by atoms with Crippen molar-refractivity contribution in [2.24, 2.45) is 0 Å². The first-order valence-corrected chi connectivity index (χ1v) is 7.33. The molecule has 1 amide bonds. The van der Waals surface area contributed by atoms with Crippen LogP contribution in [0.5, 0.6) is 0 Å². The van der Waals surface area contributed by atoms with E-state index < -0.39 is 0 Å². The fraction of sp³-hybridized carbons (Fsp3) is 0.188. The maximum Gasteiger partial charge on any atom is 0.260 e. The Balaban J connectivity index is 2.07. The normalized spacial score (nSPS) is 18.0. The first kappa shape index (κ1) is 13.2. The van der Waals surface area contributed by atoms with Gasteiger partial charge in [0.15, 0.2) is 0 Å². The van der Waals surface area contributed by atoms with Crippen LogP contribution < -0.4 is 10.6 Å². The Labute approximate surface area is 126 Å². The van der Waals surface area contributed by atoms with Gasteiger partial charge in [-0.25, -0.2) is 0 Å². The minimum atomic E-state index is -0.0153. The average molecular weight is 331 g/mol. The summed E-state index contributed by atoms with van der Waals surface area (Å²) in [6, 6.07) is 13.5. The average Bonchev–Trinajstić information content (AvgIpc) is 2.44. The van der Waals surface area contributed by atoms with Crippen LogP contribution in [0.3, 0.4) is 0 Å². The second kappa shape index (κ2) is 4.94. The van der Waals surface area contributed by atoms with Crippen LogP contribution in [0.2, 0.25) is 0 Å². The molecule has 0 radical (unpaired) electrons. The Morgan fingerprint density at radius 2 is 1.90 bits per heavy atom. The molecular formula is C16H15BrN2O. The van der Waals surface area contributed by atoms with E-state index in [4.69, 9.17) is 5.73 Å². The predicted octanol–water partition coefficient (Wildman–Crippen LogP) is 3.80. The number of amides is 1. The quantitative estimate of drug-likeness (QED) is 0.808. The summed E-state index contributed by atoms with van der Waals surface area (Å²) in [5, 5.41) is 0. The van der Waals surface area contributed by atoms with E-state index in [1.165, 1.54) is 0 Å². The highest BCUT2D eigenvalue weighted by molar-refractivity contribution is 9.10. The number of nitrogens with two attached hydrogens (primary N) is 1. The number of rotatable bonds is 1. The molecule has 1 atom stereocenters. The number of carbonyl (C=O) groups excluding carboxylic acids is 1. The van der Waals surface area contributed by atoms with E-state index in [-0.39, 0.29) is 11.8 Å². The number of carbonyl (C=O) groups is 1. The summed E-state index contributed by atoms with van der Waals surface area (Å²) in [7, 11) is 0. The molecule has 0 fully saturated rings. The van der Waals surface area contributed by atoms with E-state index in [1.807, 2.05) is 36.4 Å². The maximum absolute atomic E-state index is 12.7. The zero-order valence-corrected chi connectivity index (χ0v) is 12.7. The van der Waals surface area contributed by atoms with Crippen LogP contribution in [-0.4, -0.2) is 12.5 Å². The van der Waals surface area contributed by atoms with Crippen LogP contribution in [0.4, 0.5) is 11.4 Å². The summed E-state index contributed by atoms with van der Waals surface area (Å²) in [6.07, 6.45) is 0. The van der Waals surface area contributed by atoms with Gasteiger partial charge in [-0.05, 0) is 35.9 Å². The summed E-state index contributed by atoms with van der Waals surface area (Å²) in [5.74, 6) is 0.258. The van der Waals surface area contributed by atoms with Crippen LogP contribution >= 0.6 is 15.9 Å². The third-order valence-electron chi connectivity index (χ3n) is 3.71. The van der Waals surface area contributed by atoms with Crippen molar-refractivity contribution in [1.82, 2.24) is 0 Å². The fourth-order valence-corrected chi connectivity index (χ4v) is 2.94. The molecule has 0 saturated heterocycles. The predicted molar refractivity (Wildman–Crippen MR) is 85.1 cm³/mol. The molecule has 3 rings (SSSR count). The minimum absolute atomic E-state index is 0.0153. The van der Waals surface area contributed by atoms with Crippen molar-refractivity contribution >= 4 is 33.2 Å². The summed E-state index contributed by atoms with van der Waals surface area (Å²) in [6.45, 7) is 2.80. The molecular weight excluding hydrogens is 316 g/mol. The van der Waals surface area contributed by atoms with E-state index in [0.717, 1.165) is 15.7 Å². The zero-order chi connectivity index (χ0) is 14.3. The molecule has 1 aliphatic rings. The number of fused-ring (bicyclic) bond motifs is 1. The fourth-order valence-electron chi connectivity index (χ4n) is 2.68. The second-order valence-electron chi connectivity index (χ2n) is 5.10. The van der Waals surface area contributed by atoms with Crippen molar-refractivity contribution in [2.45, 2.75) is 12.8 Å². The van der Waals surface area contributed by atoms with Gasteiger partial charge in [0.2, 0.25) is 0 Å². The van der Waals surface area contributed by atoms with Crippen molar-refractivity contribution in [3.05, 3.63) is 58.1 Å². The lowest BCUT2D eigenvalue weighted by atomic mass is 9.89. The summed E-state index contributed by atoms with van der Waals surface area (Å²) >= 11 is 3.41. The largest absolute Gasteiger partial charge is 0.398 e. The molecule has 1 aliphatic heterocycles. The Bertz CT molecular complexity index is 667. The smallest absolute Gasteiger partial charge is 0.260 e. The lowest BCUT2D eigenvalue weighted by molar-refractivity contribution is 0.0978.